The minimum atomic E-state index is -0.0986. The van der Waals surface area contributed by atoms with Gasteiger partial charge in [0.15, 0.2) is 0 Å². The fourth-order valence-corrected chi connectivity index (χ4v) is 4.23. The summed E-state index contributed by atoms with van der Waals surface area (Å²) in [7, 11) is 0. The number of carbonyl (C=O) groups is 2. The fraction of sp³-hybridized carbons (Fsp3) is 0.579. The number of thioether (sulfide) groups is 1. The lowest BCUT2D eigenvalue weighted by Gasteiger charge is -2.35. The Hall–Kier alpha value is -1.49. The van der Waals surface area contributed by atoms with Gasteiger partial charge in [-0.1, -0.05) is 19.3 Å². The monoisotopic (exact) mass is 348 g/mol. The lowest BCUT2D eigenvalue weighted by atomic mass is 9.94. The smallest absolute Gasteiger partial charge is 0.236 e. The van der Waals surface area contributed by atoms with Crippen LogP contribution in [0.25, 0.3) is 0 Å². The van der Waals surface area contributed by atoms with Gasteiger partial charge >= 0.3 is 0 Å². The molecule has 1 fully saturated rings. The molecule has 132 valence electrons. The van der Waals surface area contributed by atoms with Gasteiger partial charge in [-0.2, -0.15) is 0 Å². The van der Waals surface area contributed by atoms with Gasteiger partial charge < -0.3 is 10.2 Å². The van der Waals surface area contributed by atoms with Crippen LogP contribution in [0.5, 0.6) is 0 Å². The first-order valence-electron chi connectivity index (χ1n) is 8.86. The predicted molar refractivity (Wildman–Crippen MR) is 100 cm³/mol. The largest absolute Gasteiger partial charge is 0.339 e. The first kappa shape index (κ1) is 18.8. The van der Waals surface area contributed by atoms with Gasteiger partial charge in [0, 0.05) is 30.1 Å². The molecule has 2 amide bonds. The molecule has 1 aromatic rings. The van der Waals surface area contributed by atoms with Crippen LogP contribution in [0, 0.1) is 0 Å². The third-order valence-electron chi connectivity index (χ3n) is 4.47. The van der Waals surface area contributed by atoms with Gasteiger partial charge in [0.1, 0.15) is 0 Å². The SMILES string of the molecule is CCN(C(=O)[C@@H](C)Sc1ccc(NC(C)=O)cc1)C1CCCCC1. The molecular weight excluding hydrogens is 320 g/mol. The molecule has 1 aromatic carbocycles. The van der Waals surface area contributed by atoms with E-state index in [2.05, 4.69) is 17.1 Å². The Morgan fingerprint density at radius 1 is 1.21 bits per heavy atom. The Bertz CT molecular complexity index is 553. The van der Waals surface area contributed by atoms with E-state index in [0.717, 1.165) is 30.0 Å². The molecule has 2 rings (SSSR count). The molecule has 1 aliphatic rings. The molecule has 0 radical (unpaired) electrons. The van der Waals surface area contributed by atoms with Crippen molar-refractivity contribution in [2.24, 2.45) is 0 Å². The molecule has 4 nitrogen and oxygen atoms in total. The van der Waals surface area contributed by atoms with Crippen molar-refractivity contribution in [1.82, 2.24) is 4.90 Å². The summed E-state index contributed by atoms with van der Waals surface area (Å²) >= 11 is 1.58. The number of benzene rings is 1. The summed E-state index contributed by atoms with van der Waals surface area (Å²) in [5, 5.41) is 2.66. The van der Waals surface area contributed by atoms with Crippen LogP contribution in [-0.2, 0) is 9.59 Å². The van der Waals surface area contributed by atoms with Crippen LogP contribution in [0.15, 0.2) is 29.2 Å². The maximum atomic E-state index is 12.8. The van der Waals surface area contributed by atoms with Crippen molar-refractivity contribution in [2.45, 2.75) is 69.1 Å². The number of nitrogens with one attached hydrogen (secondary N) is 1. The van der Waals surface area contributed by atoms with E-state index in [1.165, 1.54) is 26.2 Å². The van der Waals surface area contributed by atoms with Crippen molar-refractivity contribution in [2.75, 3.05) is 11.9 Å². The molecule has 0 unspecified atom stereocenters. The third kappa shape index (κ3) is 5.26. The highest BCUT2D eigenvalue weighted by Gasteiger charge is 2.27. The molecule has 5 heteroatoms. The van der Waals surface area contributed by atoms with Crippen molar-refractivity contribution in [3.8, 4) is 0 Å². The van der Waals surface area contributed by atoms with E-state index >= 15 is 0 Å². The second-order valence-electron chi connectivity index (χ2n) is 6.38. The van der Waals surface area contributed by atoms with Gasteiger partial charge in [-0.3, -0.25) is 9.59 Å². The van der Waals surface area contributed by atoms with Gasteiger partial charge in [-0.15, -0.1) is 11.8 Å². The molecule has 0 aliphatic heterocycles. The summed E-state index contributed by atoms with van der Waals surface area (Å²) in [6.07, 6.45) is 6.05. The van der Waals surface area contributed by atoms with Crippen molar-refractivity contribution in [1.29, 1.82) is 0 Å². The number of rotatable bonds is 6. The highest BCUT2D eigenvalue weighted by Crippen LogP contribution is 2.29. The van der Waals surface area contributed by atoms with Gasteiger partial charge in [0.05, 0.1) is 5.25 Å². The molecule has 0 saturated heterocycles. The summed E-state index contributed by atoms with van der Waals surface area (Å²) in [4.78, 5) is 27.0. The van der Waals surface area contributed by atoms with E-state index in [9.17, 15) is 9.59 Å². The number of hydrogen-bond donors (Lipinski definition) is 1. The number of hydrogen-bond acceptors (Lipinski definition) is 3. The molecule has 0 spiro atoms. The zero-order valence-electron chi connectivity index (χ0n) is 14.9. The maximum Gasteiger partial charge on any atom is 0.236 e. The Morgan fingerprint density at radius 2 is 1.83 bits per heavy atom. The molecule has 1 atom stereocenters. The predicted octanol–water partition coefficient (Wildman–Crippen LogP) is 4.31. The molecule has 0 heterocycles. The average molecular weight is 349 g/mol. The van der Waals surface area contributed by atoms with Gasteiger partial charge in [-0.05, 0) is 51.0 Å². The number of carbonyl (C=O) groups excluding carboxylic acids is 2. The van der Waals surface area contributed by atoms with Crippen LogP contribution in [0.1, 0.15) is 52.9 Å². The summed E-state index contributed by atoms with van der Waals surface area (Å²) in [6.45, 7) is 6.34. The van der Waals surface area contributed by atoms with Crippen molar-refractivity contribution < 1.29 is 9.59 Å². The lowest BCUT2D eigenvalue weighted by Crippen LogP contribution is -2.44. The maximum absolute atomic E-state index is 12.8. The average Bonchev–Trinajstić information content (AvgIpc) is 2.57. The van der Waals surface area contributed by atoms with Crippen LogP contribution in [0.2, 0.25) is 0 Å². The number of anilines is 1. The quantitative estimate of drug-likeness (QED) is 0.780. The molecule has 24 heavy (non-hydrogen) atoms. The van der Waals surface area contributed by atoms with Crippen LogP contribution in [-0.4, -0.2) is 34.6 Å². The normalized spacial score (nSPS) is 16.5. The Morgan fingerprint density at radius 3 is 2.38 bits per heavy atom. The minimum Gasteiger partial charge on any atom is -0.339 e. The summed E-state index contributed by atoms with van der Waals surface area (Å²) in [5.74, 6) is 0.158. The molecular formula is C19H28N2O2S. The summed E-state index contributed by atoms with van der Waals surface area (Å²) in [5.41, 5.74) is 0.781. The second-order valence-corrected chi connectivity index (χ2v) is 7.80. The zero-order valence-corrected chi connectivity index (χ0v) is 15.7. The molecule has 0 aromatic heterocycles. The number of nitrogens with zero attached hydrogens (tertiary/aromatic N) is 1. The topological polar surface area (TPSA) is 49.4 Å². The van der Waals surface area contributed by atoms with Crippen molar-refractivity contribution in [3.63, 3.8) is 0 Å². The minimum absolute atomic E-state index is 0.0787. The van der Waals surface area contributed by atoms with Gasteiger partial charge in [0.2, 0.25) is 11.8 Å². The van der Waals surface area contributed by atoms with E-state index in [-0.39, 0.29) is 17.1 Å². The lowest BCUT2D eigenvalue weighted by molar-refractivity contribution is -0.133. The molecule has 0 bridgehead atoms. The van der Waals surface area contributed by atoms with E-state index in [4.69, 9.17) is 0 Å². The van der Waals surface area contributed by atoms with E-state index < -0.39 is 0 Å². The highest BCUT2D eigenvalue weighted by atomic mass is 32.2. The molecule has 1 aliphatic carbocycles. The summed E-state index contributed by atoms with van der Waals surface area (Å²) in [6, 6.07) is 8.08. The van der Waals surface area contributed by atoms with Gasteiger partial charge in [-0.25, -0.2) is 0 Å². The highest BCUT2D eigenvalue weighted by molar-refractivity contribution is 8.00. The van der Waals surface area contributed by atoms with Crippen LogP contribution in [0.3, 0.4) is 0 Å². The standard InChI is InChI=1S/C19H28N2O2S/c1-4-21(17-8-6-5-7-9-17)19(23)14(2)24-18-12-10-16(11-13-18)20-15(3)22/h10-14,17H,4-9H2,1-3H3,(H,20,22)/t14-/m1/s1. The first-order chi connectivity index (χ1) is 11.5. The van der Waals surface area contributed by atoms with Crippen LogP contribution in [0.4, 0.5) is 5.69 Å². The Kier molecular flexibility index (Phi) is 7.16. The third-order valence-corrected chi connectivity index (χ3v) is 5.57. The van der Waals surface area contributed by atoms with E-state index in [0.29, 0.717) is 6.04 Å². The fourth-order valence-electron chi connectivity index (χ4n) is 3.29. The van der Waals surface area contributed by atoms with Gasteiger partial charge in [0.25, 0.3) is 0 Å². The van der Waals surface area contributed by atoms with Crippen molar-refractivity contribution in [3.05, 3.63) is 24.3 Å². The van der Waals surface area contributed by atoms with E-state index in [1.54, 1.807) is 11.8 Å². The molecule has 1 N–H and O–H groups in total. The van der Waals surface area contributed by atoms with Crippen LogP contribution < -0.4 is 5.32 Å². The second kappa shape index (κ2) is 9.11. The first-order valence-corrected chi connectivity index (χ1v) is 9.74. The Balaban J connectivity index is 1.95. The number of amides is 2. The van der Waals surface area contributed by atoms with E-state index in [1.807, 2.05) is 31.2 Å². The zero-order chi connectivity index (χ0) is 17.5. The summed E-state index contributed by atoms with van der Waals surface area (Å²) < 4.78 is 0. The van der Waals surface area contributed by atoms with Crippen LogP contribution >= 0.6 is 11.8 Å². The van der Waals surface area contributed by atoms with Crippen molar-refractivity contribution >= 4 is 29.3 Å². The Labute approximate surface area is 149 Å². The molecule has 1 saturated carbocycles.